The number of hydrogen-bond donors (Lipinski definition) is 0. The molecule has 2 heterocycles. The highest BCUT2D eigenvalue weighted by atomic mass is 32.2. The lowest BCUT2D eigenvalue weighted by Crippen LogP contribution is -2.37. The van der Waals surface area contributed by atoms with Crippen LogP contribution in [0, 0.1) is 18.8 Å². The summed E-state index contributed by atoms with van der Waals surface area (Å²) in [7, 11) is -2.73. The van der Waals surface area contributed by atoms with E-state index in [-0.39, 0.29) is 28.6 Å². The maximum absolute atomic E-state index is 12.6. The molecule has 4 atom stereocenters. The first kappa shape index (κ1) is 25.5. The number of hydrogen-bond acceptors (Lipinski definition) is 10. The fraction of sp³-hybridized carbons (Fsp3) is 0.458. The molecule has 0 saturated heterocycles. The molecule has 4 rings (SSSR count). The van der Waals surface area contributed by atoms with Gasteiger partial charge in [-0.05, 0) is 44.9 Å². The maximum Gasteiger partial charge on any atom is 0.347 e. The number of carbonyl (C=O) groups is 2. The highest BCUT2D eigenvalue weighted by molar-refractivity contribution is 8.14. The Morgan fingerprint density at radius 2 is 1.91 bits per heavy atom. The Balaban J connectivity index is 1.49. The minimum absolute atomic E-state index is 0.0949. The van der Waals surface area contributed by atoms with Crippen LogP contribution in [-0.2, 0) is 38.1 Å². The number of ether oxygens (including phenoxy) is 3. The van der Waals surface area contributed by atoms with Gasteiger partial charge < -0.3 is 18.4 Å². The van der Waals surface area contributed by atoms with E-state index in [1.807, 2.05) is 13.0 Å². The molecule has 0 fully saturated rings. The van der Waals surface area contributed by atoms with E-state index in [0.717, 1.165) is 11.1 Å². The summed E-state index contributed by atoms with van der Waals surface area (Å²) in [6, 6.07) is 5.07. The quantitative estimate of drug-likeness (QED) is 0.394. The lowest BCUT2D eigenvalue weighted by molar-refractivity contribution is -0.150. The Morgan fingerprint density at radius 1 is 1.20 bits per heavy atom. The fourth-order valence-corrected chi connectivity index (χ4v) is 6.21. The van der Waals surface area contributed by atoms with Crippen molar-refractivity contribution in [2.24, 2.45) is 16.8 Å². The molecule has 0 spiro atoms. The van der Waals surface area contributed by atoms with Crippen LogP contribution >= 0.6 is 11.8 Å². The SMILES string of the molecule is CO[C@@H]1OC=C(C(=O)OC(C)C)[C@H]2CC=C(C3=NC(C(=O)OS(=O)(=O)c4ccc(C)cc4)CS3)[C@@H]12. The number of benzene rings is 1. The number of allylic oxidation sites excluding steroid dienone is 1. The van der Waals surface area contributed by atoms with Gasteiger partial charge in [0.05, 0.1) is 28.9 Å². The van der Waals surface area contributed by atoms with E-state index in [1.165, 1.54) is 37.3 Å². The average Bonchev–Trinajstić information content (AvgIpc) is 3.45. The van der Waals surface area contributed by atoms with Gasteiger partial charge in [0, 0.05) is 18.8 Å². The molecule has 0 N–H and O–H groups in total. The van der Waals surface area contributed by atoms with Gasteiger partial charge in [0.1, 0.15) is 4.90 Å². The smallest absolute Gasteiger partial charge is 0.347 e. The lowest BCUT2D eigenvalue weighted by Gasteiger charge is -2.34. The van der Waals surface area contributed by atoms with Crippen molar-refractivity contribution in [1.82, 2.24) is 0 Å². The Labute approximate surface area is 208 Å². The van der Waals surface area contributed by atoms with Crippen LogP contribution in [0.25, 0.3) is 0 Å². The molecular weight excluding hydrogens is 494 g/mol. The van der Waals surface area contributed by atoms with Crippen LogP contribution in [0.4, 0.5) is 0 Å². The third-order valence-electron chi connectivity index (χ3n) is 5.89. The predicted octanol–water partition coefficient (Wildman–Crippen LogP) is 3.14. The molecule has 0 amide bonds. The summed E-state index contributed by atoms with van der Waals surface area (Å²) in [5, 5.41) is 0.580. The van der Waals surface area contributed by atoms with Crippen LogP contribution < -0.4 is 0 Å². The Kier molecular flexibility index (Phi) is 7.39. The van der Waals surface area contributed by atoms with Crippen molar-refractivity contribution in [2.45, 2.75) is 50.5 Å². The minimum Gasteiger partial charge on any atom is -0.471 e. The molecule has 9 nitrogen and oxygen atoms in total. The third-order valence-corrected chi connectivity index (χ3v) is 8.22. The number of thioether (sulfide) groups is 1. The van der Waals surface area contributed by atoms with Crippen LogP contribution in [0.15, 0.2) is 57.6 Å². The van der Waals surface area contributed by atoms with Crippen molar-refractivity contribution in [2.75, 3.05) is 12.9 Å². The van der Waals surface area contributed by atoms with Crippen molar-refractivity contribution in [1.29, 1.82) is 0 Å². The number of nitrogens with zero attached hydrogens (tertiary/aromatic N) is 1. The second kappa shape index (κ2) is 10.2. The van der Waals surface area contributed by atoms with E-state index in [1.54, 1.807) is 26.0 Å². The van der Waals surface area contributed by atoms with Crippen molar-refractivity contribution >= 4 is 38.9 Å². The summed E-state index contributed by atoms with van der Waals surface area (Å²) < 4.78 is 46.4. The summed E-state index contributed by atoms with van der Waals surface area (Å²) >= 11 is 1.33. The first-order chi connectivity index (χ1) is 16.6. The number of aryl methyl sites for hydroxylation is 1. The van der Waals surface area contributed by atoms with E-state index in [0.29, 0.717) is 17.0 Å². The predicted molar refractivity (Wildman–Crippen MR) is 129 cm³/mol. The third kappa shape index (κ3) is 5.31. The van der Waals surface area contributed by atoms with E-state index in [4.69, 9.17) is 18.4 Å². The Hall–Kier alpha value is -2.63. The fourth-order valence-electron chi connectivity index (χ4n) is 4.21. The van der Waals surface area contributed by atoms with Crippen molar-refractivity contribution < 1.29 is 36.4 Å². The minimum atomic E-state index is -4.25. The van der Waals surface area contributed by atoms with E-state index < -0.39 is 34.4 Å². The number of aliphatic imine (C=N–C) groups is 1. The summed E-state index contributed by atoms with van der Waals surface area (Å²) in [5.41, 5.74) is 2.11. The van der Waals surface area contributed by atoms with Crippen molar-refractivity contribution in [3.8, 4) is 0 Å². The van der Waals surface area contributed by atoms with Gasteiger partial charge in [-0.3, -0.25) is 4.99 Å². The zero-order valence-corrected chi connectivity index (χ0v) is 21.4. The van der Waals surface area contributed by atoms with Crippen LogP contribution in [0.3, 0.4) is 0 Å². The summed E-state index contributed by atoms with van der Waals surface area (Å²) in [6.07, 6.45) is 3.00. The molecule has 11 heteroatoms. The monoisotopic (exact) mass is 521 g/mol. The molecule has 1 aromatic rings. The van der Waals surface area contributed by atoms with Gasteiger partial charge in [-0.25, -0.2) is 9.59 Å². The van der Waals surface area contributed by atoms with E-state index >= 15 is 0 Å². The van der Waals surface area contributed by atoms with Crippen LogP contribution in [0.1, 0.15) is 25.8 Å². The molecule has 0 saturated carbocycles. The van der Waals surface area contributed by atoms with E-state index in [9.17, 15) is 18.0 Å². The van der Waals surface area contributed by atoms with Gasteiger partial charge in [0.2, 0.25) is 6.29 Å². The number of fused-ring (bicyclic) bond motifs is 1. The summed E-state index contributed by atoms with van der Waals surface area (Å²) in [6.45, 7) is 5.38. The molecule has 0 aromatic heterocycles. The van der Waals surface area contributed by atoms with Gasteiger partial charge in [-0.1, -0.05) is 23.8 Å². The molecule has 1 aliphatic carbocycles. The molecule has 2 aliphatic heterocycles. The first-order valence-electron chi connectivity index (χ1n) is 11.2. The summed E-state index contributed by atoms with van der Waals surface area (Å²) in [5.74, 6) is -1.68. The molecule has 1 unspecified atom stereocenters. The largest absolute Gasteiger partial charge is 0.471 e. The highest BCUT2D eigenvalue weighted by Gasteiger charge is 2.47. The van der Waals surface area contributed by atoms with Gasteiger partial charge in [-0.15, -0.1) is 11.8 Å². The summed E-state index contributed by atoms with van der Waals surface area (Å²) in [4.78, 5) is 29.6. The molecule has 0 bridgehead atoms. The molecule has 3 aliphatic rings. The zero-order valence-electron chi connectivity index (χ0n) is 19.8. The molecule has 35 heavy (non-hydrogen) atoms. The van der Waals surface area contributed by atoms with Gasteiger partial charge in [0.25, 0.3) is 0 Å². The van der Waals surface area contributed by atoms with Gasteiger partial charge >= 0.3 is 22.1 Å². The first-order valence-corrected chi connectivity index (χ1v) is 13.6. The Bertz CT molecular complexity index is 1200. The molecular formula is C24H27NO8S2. The van der Waals surface area contributed by atoms with Crippen LogP contribution in [-0.4, -0.2) is 56.7 Å². The number of methoxy groups -OCH3 is 1. The maximum atomic E-state index is 12.6. The van der Waals surface area contributed by atoms with Gasteiger partial charge in [0.15, 0.2) is 6.04 Å². The van der Waals surface area contributed by atoms with Crippen molar-refractivity contribution in [3.63, 3.8) is 0 Å². The van der Waals surface area contributed by atoms with Crippen molar-refractivity contribution in [3.05, 3.63) is 53.3 Å². The van der Waals surface area contributed by atoms with Crippen LogP contribution in [0.5, 0.6) is 0 Å². The number of rotatable bonds is 7. The number of esters is 1. The highest BCUT2D eigenvalue weighted by Crippen LogP contribution is 2.46. The average molecular weight is 522 g/mol. The molecule has 0 radical (unpaired) electrons. The standard InChI is InChI=1S/C24H27NO8S2/c1-13(2)32-22(26)18-11-31-24(30-4)20-16(18)9-10-17(20)21-25-19(12-34-21)23(27)33-35(28,29)15-7-5-14(3)6-8-15/h5-8,10-11,13,16,19-20,24H,9,12H2,1-4H3/t16-,19?,20+,24-/m1/s1. The second-order valence-electron chi connectivity index (χ2n) is 8.73. The van der Waals surface area contributed by atoms with Crippen LogP contribution in [0.2, 0.25) is 0 Å². The molecule has 188 valence electrons. The zero-order chi connectivity index (χ0) is 25.3. The number of carbonyl (C=O) groups excluding carboxylic acids is 2. The van der Waals surface area contributed by atoms with Gasteiger partial charge in [-0.2, -0.15) is 8.42 Å². The lowest BCUT2D eigenvalue weighted by atomic mass is 9.83. The second-order valence-corrected chi connectivity index (χ2v) is 11.3. The molecule has 1 aromatic carbocycles. The topological polar surface area (TPSA) is 118 Å². The Morgan fingerprint density at radius 3 is 2.57 bits per heavy atom. The van der Waals surface area contributed by atoms with E-state index in [2.05, 4.69) is 4.99 Å². The normalized spacial score (nSPS) is 25.8.